The van der Waals surface area contributed by atoms with Crippen molar-refractivity contribution < 1.29 is 9.59 Å². The van der Waals surface area contributed by atoms with Crippen LogP contribution in [0.4, 0.5) is 0 Å². The highest BCUT2D eigenvalue weighted by atomic mass is 16.2. The Morgan fingerprint density at radius 3 is 2.94 bits per heavy atom. The van der Waals surface area contributed by atoms with Crippen molar-refractivity contribution in [2.24, 2.45) is 5.92 Å². The molecule has 90 valence electrons. The molecule has 1 aromatic rings. The molecule has 0 aromatic heterocycles. The molecule has 0 bridgehead atoms. The second kappa shape index (κ2) is 2.91. The summed E-state index contributed by atoms with van der Waals surface area (Å²) in [4.78, 5) is 25.6. The van der Waals surface area contributed by atoms with Crippen LogP contribution in [0.1, 0.15) is 29.3 Å². The molecule has 1 unspecified atom stereocenters. The van der Waals surface area contributed by atoms with Crippen molar-refractivity contribution in [3.63, 3.8) is 0 Å². The number of piperidine rings is 1. The number of fused-ring (bicyclic) bond motifs is 1. The van der Waals surface area contributed by atoms with E-state index in [1.54, 1.807) is 17.9 Å². The smallest absolute Gasteiger partial charge is 0.223 e. The molecular weight excluding hydrogens is 226 g/mol. The van der Waals surface area contributed by atoms with Gasteiger partial charge in [0, 0.05) is 36.2 Å². The molecule has 2 aliphatic carbocycles. The van der Waals surface area contributed by atoms with Crippen molar-refractivity contribution in [2.45, 2.75) is 18.8 Å². The fraction of sp³-hybridized carbons (Fsp3) is 0.333. The molecule has 1 saturated heterocycles. The minimum atomic E-state index is -0.0316. The first-order valence-corrected chi connectivity index (χ1v) is 6.29. The lowest BCUT2D eigenvalue weighted by atomic mass is 9.81. The summed E-state index contributed by atoms with van der Waals surface area (Å²) in [5.41, 5.74) is 2.84. The van der Waals surface area contributed by atoms with Crippen LogP contribution in [0, 0.1) is 5.92 Å². The van der Waals surface area contributed by atoms with Gasteiger partial charge in [-0.05, 0) is 17.9 Å². The molecule has 2 atom stereocenters. The van der Waals surface area contributed by atoms with E-state index in [9.17, 15) is 9.59 Å². The maximum atomic E-state index is 12.1. The number of rotatable bonds is 0. The van der Waals surface area contributed by atoms with Crippen LogP contribution in [0.3, 0.4) is 0 Å². The van der Waals surface area contributed by atoms with Gasteiger partial charge in [-0.2, -0.15) is 0 Å². The molecule has 18 heavy (non-hydrogen) atoms. The highest BCUT2D eigenvalue weighted by Gasteiger charge is 2.66. The van der Waals surface area contributed by atoms with Crippen LogP contribution >= 0.6 is 0 Å². The molecule has 0 radical (unpaired) electrons. The van der Waals surface area contributed by atoms with Crippen molar-refractivity contribution >= 4 is 11.7 Å². The van der Waals surface area contributed by atoms with Crippen LogP contribution in [0.15, 0.2) is 36.0 Å². The third-order valence-electron chi connectivity index (χ3n) is 4.58. The summed E-state index contributed by atoms with van der Waals surface area (Å²) in [5, 5.41) is 0. The largest absolute Gasteiger partial charge is 0.315 e. The van der Waals surface area contributed by atoms with Gasteiger partial charge in [0.2, 0.25) is 5.91 Å². The number of nitrogens with zero attached hydrogens (tertiary/aromatic N) is 1. The fourth-order valence-electron chi connectivity index (χ4n) is 3.69. The number of carbonyl (C=O) groups is 2. The van der Waals surface area contributed by atoms with E-state index in [0.29, 0.717) is 5.92 Å². The maximum Gasteiger partial charge on any atom is 0.223 e. The minimum Gasteiger partial charge on any atom is -0.315 e. The normalized spacial score (nSPS) is 31.4. The number of benzene rings is 1. The van der Waals surface area contributed by atoms with Crippen molar-refractivity contribution in [1.29, 1.82) is 0 Å². The van der Waals surface area contributed by atoms with E-state index in [0.717, 1.165) is 29.8 Å². The summed E-state index contributed by atoms with van der Waals surface area (Å²) in [6, 6.07) is 7.83. The molecule has 3 nitrogen and oxygen atoms in total. The lowest BCUT2D eigenvalue weighted by Gasteiger charge is -2.28. The number of ketones is 1. The van der Waals surface area contributed by atoms with Crippen LogP contribution < -0.4 is 0 Å². The molecule has 1 spiro atoms. The van der Waals surface area contributed by atoms with Crippen LogP contribution in [0.2, 0.25) is 0 Å². The van der Waals surface area contributed by atoms with Gasteiger partial charge in [-0.3, -0.25) is 9.59 Å². The number of amides is 1. The van der Waals surface area contributed by atoms with Crippen LogP contribution in [-0.2, 0) is 10.2 Å². The molecule has 3 aliphatic rings. The minimum absolute atomic E-state index is 0.0316. The van der Waals surface area contributed by atoms with Gasteiger partial charge in [0.25, 0.3) is 0 Å². The van der Waals surface area contributed by atoms with Gasteiger partial charge in [0.15, 0.2) is 5.78 Å². The van der Waals surface area contributed by atoms with Gasteiger partial charge in [0.05, 0.1) is 0 Å². The summed E-state index contributed by atoms with van der Waals surface area (Å²) < 4.78 is 0. The Bertz CT molecular complexity index is 631. The van der Waals surface area contributed by atoms with E-state index in [1.165, 1.54) is 0 Å². The zero-order valence-corrected chi connectivity index (χ0v) is 10.1. The summed E-state index contributed by atoms with van der Waals surface area (Å²) in [5.74, 6) is 0.576. The van der Waals surface area contributed by atoms with E-state index in [4.69, 9.17) is 0 Å². The van der Waals surface area contributed by atoms with Crippen molar-refractivity contribution in [1.82, 2.24) is 4.90 Å². The molecule has 1 aromatic carbocycles. The monoisotopic (exact) mass is 239 g/mol. The molecule has 2 fully saturated rings. The number of hydrogen-bond acceptors (Lipinski definition) is 2. The zero-order chi connectivity index (χ0) is 12.5. The van der Waals surface area contributed by atoms with E-state index >= 15 is 0 Å². The van der Waals surface area contributed by atoms with Crippen LogP contribution in [-0.4, -0.2) is 23.1 Å². The quantitative estimate of drug-likeness (QED) is 0.693. The third kappa shape index (κ3) is 0.964. The second-order valence-electron chi connectivity index (χ2n) is 5.44. The first-order chi connectivity index (χ1) is 8.64. The van der Waals surface area contributed by atoms with Gasteiger partial charge in [-0.15, -0.1) is 0 Å². The van der Waals surface area contributed by atoms with E-state index in [-0.39, 0.29) is 17.1 Å². The topological polar surface area (TPSA) is 37.4 Å². The molecule has 1 amide bonds. The van der Waals surface area contributed by atoms with Gasteiger partial charge >= 0.3 is 0 Å². The Labute approximate surface area is 105 Å². The number of carbonyl (C=O) groups excluding carboxylic acids is 2. The number of allylic oxidation sites excluding steroid dienone is 2. The van der Waals surface area contributed by atoms with Crippen molar-refractivity contribution in [3.8, 4) is 0 Å². The predicted octanol–water partition coefficient (Wildman–Crippen LogP) is 1.89. The molecular formula is C15H13NO2. The molecule has 0 N–H and O–H groups in total. The molecule has 3 heteroatoms. The summed E-state index contributed by atoms with van der Waals surface area (Å²) >= 11 is 0. The van der Waals surface area contributed by atoms with Crippen molar-refractivity contribution in [2.75, 3.05) is 6.54 Å². The Balaban J connectivity index is 1.95. The lowest BCUT2D eigenvalue weighted by molar-refractivity contribution is -0.126. The van der Waals surface area contributed by atoms with Gasteiger partial charge < -0.3 is 4.90 Å². The average molecular weight is 239 g/mol. The maximum absolute atomic E-state index is 12.1. The van der Waals surface area contributed by atoms with E-state index in [1.807, 2.05) is 24.3 Å². The first-order valence-electron chi connectivity index (χ1n) is 6.29. The molecule has 1 heterocycles. The zero-order valence-electron chi connectivity index (χ0n) is 10.1. The van der Waals surface area contributed by atoms with E-state index in [2.05, 4.69) is 0 Å². The molecule has 1 saturated carbocycles. The lowest BCUT2D eigenvalue weighted by Crippen LogP contribution is -2.32. The predicted molar refractivity (Wildman–Crippen MR) is 66.0 cm³/mol. The average Bonchev–Trinajstić information content (AvgIpc) is 2.99. The highest BCUT2D eigenvalue weighted by Crippen LogP contribution is 2.66. The summed E-state index contributed by atoms with van der Waals surface area (Å²) in [7, 11) is 0. The standard InChI is InChI=1S/C15H13NO2/c1-9(17)16-8-10-7-15(10)12-5-3-2-4-11(12)13(18)6-14(15)16/h2-6,10H,7-8H2,1H3/t10-,15?/m1/s1. The second-order valence-corrected chi connectivity index (χ2v) is 5.44. The fourth-order valence-corrected chi connectivity index (χ4v) is 3.69. The Hall–Kier alpha value is -1.90. The summed E-state index contributed by atoms with van der Waals surface area (Å²) in [6.07, 6.45) is 2.75. The van der Waals surface area contributed by atoms with Gasteiger partial charge in [-0.25, -0.2) is 0 Å². The first kappa shape index (κ1) is 10.1. The van der Waals surface area contributed by atoms with Gasteiger partial charge in [0.1, 0.15) is 0 Å². The SMILES string of the molecule is CC(=O)N1C[C@H]2CC23C1=CC(=O)c1ccccc13. The van der Waals surface area contributed by atoms with Crippen LogP contribution in [0.25, 0.3) is 0 Å². The number of hydrogen-bond donors (Lipinski definition) is 0. The van der Waals surface area contributed by atoms with E-state index < -0.39 is 0 Å². The Kier molecular flexibility index (Phi) is 1.63. The Morgan fingerprint density at radius 2 is 2.17 bits per heavy atom. The van der Waals surface area contributed by atoms with Gasteiger partial charge in [-0.1, -0.05) is 24.3 Å². The third-order valence-corrected chi connectivity index (χ3v) is 4.58. The van der Waals surface area contributed by atoms with Crippen LogP contribution in [0.5, 0.6) is 0 Å². The number of likely N-dealkylation sites (tertiary alicyclic amines) is 1. The Morgan fingerprint density at radius 1 is 1.39 bits per heavy atom. The molecule has 1 aliphatic heterocycles. The molecule has 4 rings (SSSR count). The highest BCUT2D eigenvalue weighted by molar-refractivity contribution is 6.09. The summed E-state index contributed by atoms with van der Waals surface area (Å²) in [6.45, 7) is 2.34. The van der Waals surface area contributed by atoms with Crippen molar-refractivity contribution in [3.05, 3.63) is 47.2 Å².